The van der Waals surface area contributed by atoms with E-state index in [-0.39, 0.29) is 18.3 Å². The predicted octanol–water partition coefficient (Wildman–Crippen LogP) is 0.413. The average molecular weight is 307 g/mol. The fraction of sp³-hybridized carbons (Fsp3) is 0.467. The van der Waals surface area contributed by atoms with Gasteiger partial charge < -0.3 is 19.7 Å². The average Bonchev–Trinajstić information content (AvgIpc) is 3.08. The lowest BCUT2D eigenvalue weighted by Gasteiger charge is -2.26. The predicted molar refractivity (Wildman–Crippen MR) is 78.7 cm³/mol. The number of nitrogens with zero attached hydrogens (tertiary/aromatic N) is 2. The first-order valence-corrected chi connectivity index (χ1v) is 7.30. The van der Waals surface area contributed by atoms with Gasteiger partial charge in [0.15, 0.2) is 18.2 Å². The number of rotatable bonds is 4. The summed E-state index contributed by atoms with van der Waals surface area (Å²) < 4.78 is 24.5. The van der Waals surface area contributed by atoms with Crippen molar-refractivity contribution in [3.63, 3.8) is 0 Å². The maximum atomic E-state index is 14.0. The molecule has 0 aromatic heterocycles. The summed E-state index contributed by atoms with van der Waals surface area (Å²) in [5, 5.41) is 3.08. The first-order chi connectivity index (χ1) is 10.7. The highest BCUT2D eigenvalue weighted by atomic mass is 19.1. The molecule has 2 heterocycles. The van der Waals surface area contributed by atoms with Crippen molar-refractivity contribution in [1.82, 2.24) is 10.2 Å². The molecule has 0 unspecified atom stereocenters. The summed E-state index contributed by atoms with van der Waals surface area (Å²) in [5.41, 5.74) is 0.682. The van der Waals surface area contributed by atoms with Crippen LogP contribution in [0.25, 0.3) is 0 Å². The lowest BCUT2D eigenvalue weighted by molar-refractivity contribution is -0.137. The molecule has 118 valence electrons. The summed E-state index contributed by atoms with van der Waals surface area (Å²) in [4.78, 5) is 17.8. The Morgan fingerprint density at radius 1 is 1.41 bits per heavy atom. The number of amidine groups is 1. The van der Waals surface area contributed by atoms with Gasteiger partial charge in [-0.1, -0.05) is 0 Å². The molecule has 1 fully saturated rings. The second-order valence-electron chi connectivity index (χ2n) is 5.08. The molecule has 2 aliphatic heterocycles. The first-order valence-electron chi connectivity index (χ1n) is 7.30. The molecule has 1 aromatic rings. The summed E-state index contributed by atoms with van der Waals surface area (Å²) in [6, 6.07) is 4.63. The van der Waals surface area contributed by atoms with Gasteiger partial charge in [-0.25, -0.2) is 4.39 Å². The van der Waals surface area contributed by atoms with Gasteiger partial charge in [0.25, 0.3) is 5.91 Å². The largest absolute Gasteiger partial charge is 0.481 e. The van der Waals surface area contributed by atoms with Crippen LogP contribution in [0.15, 0.2) is 23.2 Å². The third kappa shape index (κ3) is 3.36. The van der Waals surface area contributed by atoms with Crippen LogP contribution in [0.3, 0.4) is 0 Å². The van der Waals surface area contributed by atoms with E-state index < -0.39 is 5.82 Å². The van der Waals surface area contributed by atoms with Crippen LogP contribution >= 0.6 is 0 Å². The van der Waals surface area contributed by atoms with Crippen molar-refractivity contribution < 1.29 is 18.7 Å². The van der Waals surface area contributed by atoms with Crippen molar-refractivity contribution >= 4 is 11.7 Å². The zero-order valence-corrected chi connectivity index (χ0v) is 12.2. The molecule has 0 saturated carbocycles. The fourth-order valence-corrected chi connectivity index (χ4v) is 2.40. The Kier molecular flexibility index (Phi) is 4.53. The highest BCUT2D eigenvalue weighted by Gasteiger charge is 2.18. The van der Waals surface area contributed by atoms with Crippen LogP contribution in [0.5, 0.6) is 5.75 Å². The summed E-state index contributed by atoms with van der Waals surface area (Å²) in [6.45, 7) is 3.46. The zero-order valence-electron chi connectivity index (χ0n) is 12.2. The number of ether oxygens (including phenoxy) is 2. The van der Waals surface area contributed by atoms with Gasteiger partial charge in [0.2, 0.25) is 0 Å². The van der Waals surface area contributed by atoms with Crippen LogP contribution in [0.4, 0.5) is 4.39 Å². The Labute approximate surface area is 127 Å². The zero-order chi connectivity index (χ0) is 15.4. The monoisotopic (exact) mass is 307 g/mol. The van der Waals surface area contributed by atoms with Crippen LogP contribution in [0.1, 0.15) is 5.56 Å². The van der Waals surface area contributed by atoms with E-state index in [4.69, 9.17) is 9.47 Å². The molecular weight excluding hydrogens is 289 g/mol. The number of carbonyl (C=O) groups excluding carboxylic acids is 1. The number of benzene rings is 1. The number of morpholine rings is 1. The Bertz CT molecular complexity index is 585. The maximum Gasteiger partial charge on any atom is 0.260 e. The van der Waals surface area contributed by atoms with E-state index in [1.807, 2.05) is 0 Å². The van der Waals surface area contributed by atoms with Gasteiger partial charge >= 0.3 is 0 Å². The molecule has 0 atom stereocenters. The Morgan fingerprint density at radius 2 is 2.23 bits per heavy atom. The standard InChI is InChI=1S/C15H18FN3O3/c16-12-9-11(15-17-3-4-18-15)1-2-13(12)22-10-14(20)19-5-7-21-8-6-19/h1-2,9H,3-8,10H2,(H,17,18). The van der Waals surface area contributed by atoms with Crippen LogP contribution in [-0.2, 0) is 9.53 Å². The minimum Gasteiger partial charge on any atom is -0.481 e. The quantitative estimate of drug-likeness (QED) is 0.875. The van der Waals surface area contributed by atoms with Gasteiger partial charge in [0.05, 0.1) is 19.8 Å². The highest BCUT2D eigenvalue weighted by Crippen LogP contribution is 2.19. The van der Waals surface area contributed by atoms with Crippen molar-refractivity contribution in [2.75, 3.05) is 46.0 Å². The normalized spacial score (nSPS) is 17.9. The number of amides is 1. The fourth-order valence-electron chi connectivity index (χ4n) is 2.40. The van der Waals surface area contributed by atoms with E-state index in [1.165, 1.54) is 12.1 Å². The second kappa shape index (κ2) is 6.74. The van der Waals surface area contributed by atoms with E-state index in [0.29, 0.717) is 44.2 Å². The summed E-state index contributed by atoms with van der Waals surface area (Å²) in [7, 11) is 0. The molecule has 0 radical (unpaired) electrons. The van der Waals surface area contributed by atoms with Gasteiger partial charge in [0.1, 0.15) is 5.84 Å². The Morgan fingerprint density at radius 3 is 2.91 bits per heavy atom. The second-order valence-corrected chi connectivity index (χ2v) is 5.08. The van der Waals surface area contributed by atoms with E-state index >= 15 is 0 Å². The van der Waals surface area contributed by atoms with E-state index in [9.17, 15) is 9.18 Å². The first kappa shape index (κ1) is 14.8. The highest BCUT2D eigenvalue weighted by molar-refractivity contribution is 5.99. The maximum absolute atomic E-state index is 14.0. The van der Waals surface area contributed by atoms with Crippen molar-refractivity contribution in [2.24, 2.45) is 4.99 Å². The topological polar surface area (TPSA) is 63.2 Å². The molecule has 3 rings (SSSR count). The number of aliphatic imine (C=N–C) groups is 1. The Hall–Kier alpha value is -2.15. The van der Waals surface area contributed by atoms with Gasteiger partial charge in [-0.2, -0.15) is 0 Å². The van der Waals surface area contributed by atoms with Crippen LogP contribution < -0.4 is 10.1 Å². The third-order valence-corrected chi connectivity index (χ3v) is 3.59. The minimum atomic E-state index is -0.497. The molecule has 7 heteroatoms. The lowest BCUT2D eigenvalue weighted by Crippen LogP contribution is -2.43. The van der Waals surface area contributed by atoms with Gasteiger partial charge in [-0.05, 0) is 18.2 Å². The van der Waals surface area contributed by atoms with E-state index in [2.05, 4.69) is 10.3 Å². The summed E-state index contributed by atoms with van der Waals surface area (Å²) in [6.07, 6.45) is 0. The molecule has 2 aliphatic rings. The SMILES string of the molecule is O=C(COc1ccc(C2=NCCN2)cc1F)N1CCOCC1. The summed E-state index contributed by atoms with van der Waals surface area (Å²) >= 11 is 0. The van der Waals surface area contributed by atoms with Crippen molar-refractivity contribution in [3.8, 4) is 5.75 Å². The number of hydrogen-bond acceptors (Lipinski definition) is 5. The van der Waals surface area contributed by atoms with Crippen molar-refractivity contribution in [2.45, 2.75) is 0 Å². The molecule has 1 aromatic carbocycles. The van der Waals surface area contributed by atoms with Gasteiger partial charge in [-0.3, -0.25) is 9.79 Å². The van der Waals surface area contributed by atoms with Crippen LogP contribution in [0, 0.1) is 5.82 Å². The molecule has 1 amide bonds. The van der Waals surface area contributed by atoms with Crippen LogP contribution in [-0.4, -0.2) is 62.6 Å². The molecule has 0 spiro atoms. The number of hydrogen-bond donors (Lipinski definition) is 1. The lowest BCUT2D eigenvalue weighted by atomic mass is 10.2. The molecular formula is C15H18FN3O3. The van der Waals surface area contributed by atoms with Gasteiger partial charge in [0, 0.05) is 25.2 Å². The smallest absolute Gasteiger partial charge is 0.260 e. The van der Waals surface area contributed by atoms with E-state index in [0.717, 1.165) is 6.54 Å². The van der Waals surface area contributed by atoms with E-state index in [1.54, 1.807) is 11.0 Å². The number of nitrogens with one attached hydrogen (secondary N) is 1. The van der Waals surface area contributed by atoms with Crippen molar-refractivity contribution in [3.05, 3.63) is 29.6 Å². The molecule has 1 N–H and O–H groups in total. The molecule has 6 nitrogen and oxygen atoms in total. The van der Waals surface area contributed by atoms with Gasteiger partial charge in [-0.15, -0.1) is 0 Å². The van der Waals surface area contributed by atoms with Crippen molar-refractivity contribution in [1.29, 1.82) is 0 Å². The molecule has 1 saturated heterocycles. The summed E-state index contributed by atoms with van der Waals surface area (Å²) in [5.74, 6) is 0.107. The molecule has 0 bridgehead atoms. The number of halogens is 1. The minimum absolute atomic E-state index is 0.0731. The number of carbonyl (C=O) groups is 1. The molecule has 0 aliphatic carbocycles. The third-order valence-electron chi connectivity index (χ3n) is 3.59. The van der Waals surface area contributed by atoms with Crippen LogP contribution in [0.2, 0.25) is 0 Å². The molecule has 22 heavy (non-hydrogen) atoms. The Balaban J connectivity index is 1.59.